The summed E-state index contributed by atoms with van der Waals surface area (Å²) in [6, 6.07) is 11.1. The summed E-state index contributed by atoms with van der Waals surface area (Å²) in [5, 5.41) is 42.4. The fourth-order valence-corrected chi connectivity index (χ4v) is 7.30. The minimum absolute atomic E-state index is 0.0538. The van der Waals surface area contributed by atoms with Crippen molar-refractivity contribution < 1.29 is 58.6 Å². The van der Waals surface area contributed by atoms with Gasteiger partial charge in [-0.3, -0.25) is 4.79 Å². The molecule has 0 saturated heterocycles. The summed E-state index contributed by atoms with van der Waals surface area (Å²) < 4.78 is 21.9. The Morgan fingerprint density at radius 2 is 1.82 bits per heavy atom. The molecule has 12 nitrogen and oxygen atoms in total. The summed E-state index contributed by atoms with van der Waals surface area (Å²) in [6.07, 6.45) is -2.47. The van der Waals surface area contributed by atoms with Crippen LogP contribution in [0.1, 0.15) is 61.8 Å². The van der Waals surface area contributed by atoms with Crippen molar-refractivity contribution in [2.45, 2.75) is 80.9 Å². The standard InChI is InChI=1S/C32H32O12/c1-16(28(36)37)41-30(39)25(17-6-3-2-4-7-17)43-23(35)15-21(34)29(38)42-22-11-13-32(40)19-8-5-12-31(32)24-18(14-19)9-10-20(33)26(24)44-27(22)31/h2-4,6-7,9-11,16,19,21,25,27,33-34,40H,5,8,12-15H2,1H3,(H,36,37)/t16-,19+,21-,25-,27-,31-,32+/m0/s1. The zero-order valence-corrected chi connectivity index (χ0v) is 23.8. The molecule has 44 heavy (non-hydrogen) atoms. The van der Waals surface area contributed by atoms with E-state index >= 15 is 0 Å². The Balaban J connectivity index is 1.17. The number of ether oxygens (including phenoxy) is 4. The van der Waals surface area contributed by atoms with Crippen molar-refractivity contribution in [1.29, 1.82) is 0 Å². The molecule has 1 spiro atoms. The molecule has 12 heteroatoms. The molecule has 0 aromatic heterocycles. The summed E-state index contributed by atoms with van der Waals surface area (Å²) in [6.45, 7) is 1.14. The number of esters is 3. The van der Waals surface area contributed by atoms with Crippen molar-refractivity contribution in [1.82, 2.24) is 0 Å². The number of phenols is 1. The third-order valence-corrected chi connectivity index (χ3v) is 9.32. The number of aliphatic carboxylic acids is 1. The molecule has 0 amide bonds. The van der Waals surface area contributed by atoms with E-state index in [1.54, 1.807) is 30.3 Å². The summed E-state index contributed by atoms with van der Waals surface area (Å²) in [5.41, 5.74) is -0.253. The highest BCUT2D eigenvalue weighted by atomic mass is 16.6. The molecule has 2 bridgehead atoms. The van der Waals surface area contributed by atoms with Crippen LogP contribution in [-0.2, 0) is 45.2 Å². The number of carbonyl (C=O) groups is 4. The molecule has 0 radical (unpaired) electrons. The molecule has 3 aliphatic carbocycles. The molecular weight excluding hydrogens is 576 g/mol. The minimum atomic E-state index is -2.00. The zero-order chi connectivity index (χ0) is 31.4. The first-order valence-electron chi connectivity index (χ1n) is 14.5. The molecule has 6 rings (SSSR count). The summed E-state index contributed by atoms with van der Waals surface area (Å²) in [7, 11) is 0. The van der Waals surface area contributed by atoms with E-state index in [4.69, 9.17) is 24.1 Å². The van der Waals surface area contributed by atoms with Crippen LogP contribution in [0.15, 0.2) is 54.3 Å². The Bertz CT molecular complexity index is 1550. The van der Waals surface area contributed by atoms with Gasteiger partial charge < -0.3 is 39.4 Å². The number of hydrogen-bond donors (Lipinski definition) is 4. The SMILES string of the molecule is C[C@H](OC(=O)[C@@H](OC(=O)C[C@H](O)C(=O)OC1=CC[C@@]2(O)[C@@H]3CCC[C@@]24c2c(ccc(O)c2O[C@@H]14)C3)c1ccccc1)C(=O)O. The van der Waals surface area contributed by atoms with Crippen molar-refractivity contribution in [2.75, 3.05) is 0 Å². The van der Waals surface area contributed by atoms with Gasteiger partial charge in [0.1, 0.15) is 5.76 Å². The van der Waals surface area contributed by atoms with E-state index in [9.17, 15) is 34.5 Å². The number of carboxylic acid groups (broad SMARTS) is 1. The van der Waals surface area contributed by atoms with Gasteiger partial charge in [-0.05, 0) is 56.2 Å². The Hall–Kier alpha value is -4.42. The van der Waals surface area contributed by atoms with Crippen molar-refractivity contribution in [2.24, 2.45) is 5.92 Å². The van der Waals surface area contributed by atoms with Gasteiger partial charge in [0, 0.05) is 11.1 Å². The third-order valence-electron chi connectivity index (χ3n) is 9.32. The Labute approximate surface area is 251 Å². The smallest absolute Gasteiger partial charge is 0.353 e. The summed E-state index contributed by atoms with van der Waals surface area (Å²) in [5.74, 6) is -4.70. The first-order chi connectivity index (χ1) is 21.0. The van der Waals surface area contributed by atoms with Crippen LogP contribution in [0.4, 0.5) is 0 Å². The van der Waals surface area contributed by atoms with Crippen molar-refractivity contribution in [3.63, 3.8) is 0 Å². The average molecular weight is 609 g/mol. The van der Waals surface area contributed by atoms with Crippen LogP contribution in [0.3, 0.4) is 0 Å². The molecule has 1 heterocycles. The van der Waals surface area contributed by atoms with Crippen LogP contribution < -0.4 is 4.74 Å². The Morgan fingerprint density at radius 3 is 2.55 bits per heavy atom. The number of phenolic OH excluding ortho intramolecular Hbond substituents is 1. The number of carboxylic acids is 1. The van der Waals surface area contributed by atoms with E-state index < -0.39 is 65.7 Å². The normalized spacial score (nSPS) is 27.8. The lowest BCUT2D eigenvalue weighted by Gasteiger charge is -2.59. The van der Waals surface area contributed by atoms with Gasteiger partial charge in [0.25, 0.3) is 0 Å². The maximum absolute atomic E-state index is 13.1. The number of aliphatic hydroxyl groups is 2. The van der Waals surface area contributed by atoms with Gasteiger partial charge in [0.2, 0.25) is 6.10 Å². The fourth-order valence-electron chi connectivity index (χ4n) is 7.30. The predicted molar refractivity (Wildman–Crippen MR) is 148 cm³/mol. The molecule has 1 saturated carbocycles. The van der Waals surface area contributed by atoms with Crippen molar-refractivity contribution in [3.05, 3.63) is 71.0 Å². The Kier molecular flexibility index (Phi) is 7.37. The third kappa shape index (κ3) is 4.60. The number of rotatable bonds is 9. The molecule has 2 aromatic rings. The molecule has 4 N–H and O–H groups in total. The highest BCUT2D eigenvalue weighted by Crippen LogP contribution is 2.67. The molecule has 7 atom stereocenters. The maximum atomic E-state index is 13.1. The number of hydrogen-bond acceptors (Lipinski definition) is 11. The van der Waals surface area contributed by atoms with Gasteiger partial charge >= 0.3 is 23.9 Å². The molecule has 0 unspecified atom stereocenters. The van der Waals surface area contributed by atoms with Gasteiger partial charge in [0.15, 0.2) is 29.8 Å². The minimum Gasteiger partial charge on any atom is -0.504 e. The summed E-state index contributed by atoms with van der Waals surface area (Å²) >= 11 is 0. The van der Waals surface area contributed by atoms with Crippen LogP contribution in [0.25, 0.3) is 0 Å². The van der Waals surface area contributed by atoms with E-state index in [1.165, 1.54) is 12.1 Å². The van der Waals surface area contributed by atoms with Crippen LogP contribution in [0.5, 0.6) is 11.5 Å². The quantitative estimate of drug-likeness (QED) is 0.241. The molecule has 2 aromatic carbocycles. The lowest BCUT2D eigenvalue weighted by atomic mass is 9.47. The predicted octanol–water partition coefficient (Wildman–Crippen LogP) is 2.36. The average Bonchev–Trinajstić information content (AvgIpc) is 3.34. The largest absolute Gasteiger partial charge is 0.504 e. The van der Waals surface area contributed by atoms with Crippen LogP contribution in [0.2, 0.25) is 0 Å². The van der Waals surface area contributed by atoms with E-state index in [0.717, 1.165) is 30.9 Å². The number of aliphatic hydroxyl groups excluding tert-OH is 1. The zero-order valence-electron chi connectivity index (χ0n) is 23.8. The van der Waals surface area contributed by atoms with E-state index in [-0.39, 0.29) is 35.2 Å². The highest BCUT2D eigenvalue weighted by Gasteiger charge is 2.71. The van der Waals surface area contributed by atoms with Gasteiger partial charge in [0.05, 0.1) is 17.4 Å². The molecule has 232 valence electrons. The van der Waals surface area contributed by atoms with Crippen LogP contribution in [0, 0.1) is 5.92 Å². The number of aromatic hydroxyl groups is 1. The second-order valence-corrected chi connectivity index (χ2v) is 11.8. The van der Waals surface area contributed by atoms with Crippen LogP contribution >= 0.6 is 0 Å². The molecule has 1 fully saturated rings. The molecule has 4 aliphatic rings. The molecule has 1 aliphatic heterocycles. The number of benzene rings is 2. The van der Waals surface area contributed by atoms with Gasteiger partial charge in [-0.1, -0.05) is 42.8 Å². The first kappa shape index (κ1) is 29.6. The number of carbonyl (C=O) groups excluding carboxylic acids is 3. The highest BCUT2D eigenvalue weighted by molar-refractivity contribution is 5.86. The van der Waals surface area contributed by atoms with Crippen LogP contribution in [-0.4, -0.2) is 68.2 Å². The lowest BCUT2D eigenvalue weighted by Crippen LogP contribution is -2.67. The van der Waals surface area contributed by atoms with Gasteiger partial charge in [-0.2, -0.15) is 0 Å². The topological polar surface area (TPSA) is 186 Å². The van der Waals surface area contributed by atoms with Gasteiger partial charge in [-0.25, -0.2) is 14.4 Å². The second-order valence-electron chi connectivity index (χ2n) is 11.8. The van der Waals surface area contributed by atoms with E-state index in [2.05, 4.69) is 0 Å². The second kappa shape index (κ2) is 10.9. The molecular formula is C32H32O12. The monoisotopic (exact) mass is 608 g/mol. The fraction of sp³-hybridized carbons (Fsp3) is 0.438. The van der Waals surface area contributed by atoms with Gasteiger partial charge in [-0.15, -0.1) is 0 Å². The maximum Gasteiger partial charge on any atom is 0.353 e. The van der Waals surface area contributed by atoms with E-state index in [0.29, 0.717) is 12.8 Å². The van der Waals surface area contributed by atoms with Crippen molar-refractivity contribution in [3.8, 4) is 11.5 Å². The lowest BCUT2D eigenvalue weighted by molar-refractivity contribution is -0.178. The Morgan fingerprint density at radius 1 is 1.07 bits per heavy atom. The first-order valence-corrected chi connectivity index (χ1v) is 14.5. The summed E-state index contributed by atoms with van der Waals surface area (Å²) in [4.78, 5) is 49.7. The van der Waals surface area contributed by atoms with Crippen molar-refractivity contribution >= 4 is 23.9 Å². The van der Waals surface area contributed by atoms with E-state index in [1.807, 2.05) is 6.07 Å².